The monoisotopic (exact) mass is 240 g/mol. The zero-order valence-corrected chi connectivity index (χ0v) is 10.7. The highest BCUT2D eigenvalue weighted by Gasteiger charge is 2.40. The molecule has 0 radical (unpaired) electrons. The Labute approximate surface area is 101 Å². The molecule has 1 aliphatic carbocycles. The van der Waals surface area contributed by atoms with Gasteiger partial charge in [-0.3, -0.25) is 4.99 Å². The van der Waals surface area contributed by atoms with Crippen molar-refractivity contribution in [3.63, 3.8) is 0 Å². The molecular weight excluding hydrogens is 220 g/mol. The molecule has 1 spiro atoms. The molecule has 1 unspecified atom stereocenters. The summed E-state index contributed by atoms with van der Waals surface area (Å²) in [5.74, 6) is 1.19. The first kappa shape index (κ1) is 10.9. The van der Waals surface area contributed by atoms with Gasteiger partial charge in [-0.1, -0.05) is 24.6 Å². The Morgan fingerprint density at radius 1 is 1.31 bits per heavy atom. The van der Waals surface area contributed by atoms with Crippen LogP contribution in [0.3, 0.4) is 0 Å². The summed E-state index contributed by atoms with van der Waals surface area (Å²) in [6.07, 6.45) is 6.39. The molecule has 4 heteroatoms. The van der Waals surface area contributed by atoms with Gasteiger partial charge in [0.25, 0.3) is 0 Å². The molecule has 90 valence electrons. The van der Waals surface area contributed by atoms with Crippen molar-refractivity contribution >= 4 is 16.9 Å². The van der Waals surface area contributed by atoms with E-state index in [4.69, 9.17) is 9.73 Å². The van der Waals surface area contributed by atoms with Gasteiger partial charge in [0.15, 0.2) is 5.17 Å². The van der Waals surface area contributed by atoms with Gasteiger partial charge in [0.1, 0.15) is 0 Å². The number of thioether (sulfide) groups is 1. The lowest BCUT2D eigenvalue weighted by Gasteiger charge is -2.24. The van der Waals surface area contributed by atoms with Gasteiger partial charge in [-0.15, -0.1) is 0 Å². The molecule has 1 N–H and O–H groups in total. The lowest BCUT2D eigenvalue weighted by Crippen LogP contribution is -2.45. The van der Waals surface area contributed by atoms with Crippen molar-refractivity contribution in [2.75, 3.05) is 19.0 Å². The highest BCUT2D eigenvalue weighted by atomic mass is 32.2. The van der Waals surface area contributed by atoms with Crippen LogP contribution in [-0.2, 0) is 4.74 Å². The molecule has 0 aromatic carbocycles. The van der Waals surface area contributed by atoms with Crippen LogP contribution >= 0.6 is 11.8 Å². The summed E-state index contributed by atoms with van der Waals surface area (Å²) in [5, 5.41) is 4.76. The van der Waals surface area contributed by atoms with Crippen LogP contribution < -0.4 is 5.32 Å². The largest absolute Gasteiger partial charge is 0.379 e. The first-order valence-electron chi connectivity index (χ1n) is 6.29. The second-order valence-corrected chi connectivity index (χ2v) is 6.59. The van der Waals surface area contributed by atoms with Gasteiger partial charge in [-0.25, -0.2) is 0 Å². The topological polar surface area (TPSA) is 33.6 Å². The Balaban J connectivity index is 1.67. The number of hydrogen-bond donors (Lipinski definition) is 1. The third kappa shape index (κ3) is 1.97. The molecule has 0 aromatic rings. The molecule has 1 atom stereocenters. The van der Waals surface area contributed by atoms with Crippen molar-refractivity contribution in [2.45, 2.75) is 50.1 Å². The molecule has 2 heterocycles. The molecule has 2 aliphatic heterocycles. The SMILES string of the molecule is CC1(NC2=NC3(CCCC3)CS2)CCOC1. The normalized spacial score (nSPS) is 36.9. The number of aliphatic imine (C=N–C) groups is 1. The first-order valence-corrected chi connectivity index (χ1v) is 7.27. The van der Waals surface area contributed by atoms with Crippen LogP contribution in [0.2, 0.25) is 0 Å². The van der Waals surface area contributed by atoms with E-state index in [1.165, 1.54) is 31.4 Å². The van der Waals surface area contributed by atoms with E-state index in [0.29, 0.717) is 5.54 Å². The zero-order chi connectivity index (χ0) is 11.1. The van der Waals surface area contributed by atoms with Gasteiger partial charge in [0.05, 0.1) is 17.7 Å². The molecule has 0 amide bonds. The summed E-state index contributed by atoms with van der Waals surface area (Å²) >= 11 is 1.91. The number of rotatable bonds is 1. The minimum atomic E-state index is 0.121. The van der Waals surface area contributed by atoms with E-state index in [1.807, 2.05) is 11.8 Å². The Kier molecular flexibility index (Phi) is 2.67. The first-order chi connectivity index (χ1) is 7.70. The number of hydrogen-bond acceptors (Lipinski definition) is 4. The number of nitrogens with zero attached hydrogens (tertiary/aromatic N) is 1. The van der Waals surface area contributed by atoms with Gasteiger partial charge >= 0.3 is 0 Å². The summed E-state index contributed by atoms with van der Waals surface area (Å²) in [6.45, 7) is 3.94. The van der Waals surface area contributed by atoms with E-state index < -0.39 is 0 Å². The number of amidine groups is 1. The van der Waals surface area contributed by atoms with Crippen LogP contribution in [0.5, 0.6) is 0 Å². The van der Waals surface area contributed by atoms with E-state index in [9.17, 15) is 0 Å². The Morgan fingerprint density at radius 3 is 2.81 bits per heavy atom. The quantitative estimate of drug-likeness (QED) is 0.762. The van der Waals surface area contributed by atoms with E-state index in [-0.39, 0.29) is 5.54 Å². The lowest BCUT2D eigenvalue weighted by molar-refractivity contribution is 0.177. The van der Waals surface area contributed by atoms with Crippen molar-refractivity contribution in [1.82, 2.24) is 5.32 Å². The third-order valence-corrected chi connectivity index (χ3v) is 5.13. The Hall–Kier alpha value is -0.220. The van der Waals surface area contributed by atoms with Gasteiger partial charge < -0.3 is 10.1 Å². The van der Waals surface area contributed by atoms with Gasteiger partial charge in [0.2, 0.25) is 0 Å². The maximum atomic E-state index is 5.46. The number of ether oxygens (including phenoxy) is 1. The summed E-state index contributed by atoms with van der Waals surface area (Å²) in [6, 6.07) is 0. The molecule has 3 aliphatic rings. The van der Waals surface area contributed by atoms with Gasteiger partial charge in [0, 0.05) is 12.4 Å². The molecule has 16 heavy (non-hydrogen) atoms. The molecule has 1 saturated heterocycles. The average molecular weight is 240 g/mol. The average Bonchev–Trinajstić information content (AvgIpc) is 2.93. The standard InChI is InChI=1S/C12H20N2OS/c1-11(6-7-15-8-11)13-10-14-12(9-16-10)4-2-3-5-12/h2-9H2,1H3,(H,13,14). The molecular formula is C12H20N2OS. The summed E-state index contributed by atoms with van der Waals surface area (Å²) in [4.78, 5) is 4.94. The van der Waals surface area contributed by atoms with Crippen LogP contribution in [0.1, 0.15) is 39.0 Å². The second-order valence-electron chi connectivity index (χ2n) is 5.63. The predicted octanol–water partition coefficient (Wildman–Crippen LogP) is 2.17. The summed E-state index contributed by atoms with van der Waals surface area (Å²) in [7, 11) is 0. The minimum absolute atomic E-state index is 0.121. The fourth-order valence-corrected chi connectivity index (χ4v) is 4.20. The smallest absolute Gasteiger partial charge is 0.157 e. The van der Waals surface area contributed by atoms with Crippen LogP contribution in [0.25, 0.3) is 0 Å². The zero-order valence-electron chi connectivity index (χ0n) is 9.92. The van der Waals surface area contributed by atoms with Gasteiger partial charge in [-0.2, -0.15) is 0 Å². The third-order valence-electron chi connectivity index (χ3n) is 3.98. The van der Waals surface area contributed by atoms with E-state index >= 15 is 0 Å². The molecule has 0 aromatic heterocycles. The van der Waals surface area contributed by atoms with Crippen molar-refractivity contribution in [3.05, 3.63) is 0 Å². The van der Waals surface area contributed by atoms with E-state index in [2.05, 4.69) is 12.2 Å². The van der Waals surface area contributed by atoms with E-state index in [1.54, 1.807) is 0 Å². The molecule has 1 saturated carbocycles. The molecule has 3 rings (SSSR count). The maximum Gasteiger partial charge on any atom is 0.157 e. The Bertz CT molecular complexity index is 304. The second kappa shape index (κ2) is 3.91. The van der Waals surface area contributed by atoms with E-state index in [0.717, 1.165) is 24.8 Å². The molecule has 0 bridgehead atoms. The van der Waals surface area contributed by atoms with Crippen LogP contribution in [0.15, 0.2) is 4.99 Å². The van der Waals surface area contributed by atoms with Gasteiger partial charge in [-0.05, 0) is 26.2 Å². The number of nitrogens with one attached hydrogen (secondary N) is 1. The highest BCUT2D eigenvalue weighted by molar-refractivity contribution is 8.14. The molecule has 2 fully saturated rings. The lowest BCUT2D eigenvalue weighted by atomic mass is 10.0. The minimum Gasteiger partial charge on any atom is -0.379 e. The summed E-state index contributed by atoms with van der Waals surface area (Å²) in [5.41, 5.74) is 0.415. The van der Waals surface area contributed by atoms with Crippen LogP contribution in [0.4, 0.5) is 0 Å². The fraction of sp³-hybridized carbons (Fsp3) is 0.917. The van der Waals surface area contributed by atoms with Crippen molar-refractivity contribution in [3.8, 4) is 0 Å². The van der Waals surface area contributed by atoms with Crippen LogP contribution in [-0.4, -0.2) is 35.2 Å². The maximum absolute atomic E-state index is 5.46. The van der Waals surface area contributed by atoms with Crippen molar-refractivity contribution in [1.29, 1.82) is 0 Å². The van der Waals surface area contributed by atoms with Crippen molar-refractivity contribution < 1.29 is 4.74 Å². The Morgan fingerprint density at radius 2 is 2.12 bits per heavy atom. The fourth-order valence-electron chi connectivity index (χ4n) is 2.86. The van der Waals surface area contributed by atoms with Crippen molar-refractivity contribution in [2.24, 2.45) is 4.99 Å². The summed E-state index contributed by atoms with van der Waals surface area (Å²) < 4.78 is 5.46. The highest BCUT2D eigenvalue weighted by Crippen LogP contribution is 2.41. The molecule has 3 nitrogen and oxygen atoms in total. The predicted molar refractivity (Wildman–Crippen MR) is 68.1 cm³/mol. The van der Waals surface area contributed by atoms with Crippen LogP contribution in [0, 0.1) is 0 Å².